The first kappa shape index (κ1) is 17.8. The molecule has 18 heavy (non-hydrogen) atoms. The van der Waals surface area contributed by atoms with E-state index in [1.165, 1.54) is 8.61 Å². The fourth-order valence-electron chi connectivity index (χ4n) is 1.57. The van der Waals surface area contributed by atoms with Gasteiger partial charge in [0.25, 0.3) is 10.2 Å². The molecule has 0 spiro atoms. The first-order valence-corrected chi connectivity index (χ1v) is 8.04. The first-order valence-electron chi connectivity index (χ1n) is 6.65. The van der Waals surface area contributed by atoms with Crippen molar-refractivity contribution in [2.75, 3.05) is 33.7 Å². The van der Waals surface area contributed by atoms with Gasteiger partial charge in [0, 0.05) is 26.7 Å². The number of rotatable bonds is 9. The normalized spacial score (nSPS) is 14.7. The fourth-order valence-corrected chi connectivity index (χ4v) is 3.03. The van der Waals surface area contributed by atoms with Crippen LogP contribution in [0.5, 0.6) is 0 Å². The molecule has 0 aromatic heterocycles. The molecule has 0 saturated carbocycles. The molecule has 0 aliphatic rings. The minimum Gasteiger partial charge on any atom is -0.317 e. The van der Waals surface area contributed by atoms with Gasteiger partial charge in [-0.1, -0.05) is 20.8 Å². The fraction of sp³-hybridized carbons (Fsp3) is 1.00. The van der Waals surface area contributed by atoms with Crippen LogP contribution < -0.4 is 5.32 Å². The maximum atomic E-state index is 12.3. The van der Waals surface area contributed by atoms with Crippen LogP contribution in [0.2, 0.25) is 0 Å². The van der Waals surface area contributed by atoms with E-state index < -0.39 is 10.2 Å². The largest absolute Gasteiger partial charge is 0.317 e. The summed E-state index contributed by atoms with van der Waals surface area (Å²) in [5.41, 5.74) is 0. The number of nitrogens with zero attached hydrogens (tertiary/aromatic N) is 2. The van der Waals surface area contributed by atoms with Crippen molar-refractivity contribution in [3.8, 4) is 0 Å². The van der Waals surface area contributed by atoms with Crippen LogP contribution in [0.15, 0.2) is 0 Å². The van der Waals surface area contributed by atoms with Crippen LogP contribution in [-0.2, 0) is 10.2 Å². The standard InChI is InChI=1S/C12H29N3O2S/c1-7-13-9-8-10-14(5)18(16,17)15(6)12(4)11(2)3/h11-13H,7-10H2,1-6H3. The van der Waals surface area contributed by atoms with Gasteiger partial charge in [-0.15, -0.1) is 0 Å². The second kappa shape index (κ2) is 8.09. The van der Waals surface area contributed by atoms with Gasteiger partial charge in [0.05, 0.1) is 0 Å². The molecule has 0 saturated heterocycles. The Hall–Kier alpha value is -0.170. The van der Waals surface area contributed by atoms with Gasteiger partial charge in [-0.3, -0.25) is 0 Å². The van der Waals surface area contributed by atoms with E-state index in [-0.39, 0.29) is 6.04 Å². The van der Waals surface area contributed by atoms with Gasteiger partial charge in [0.1, 0.15) is 0 Å². The van der Waals surface area contributed by atoms with Gasteiger partial charge in [-0.25, -0.2) is 0 Å². The van der Waals surface area contributed by atoms with Gasteiger partial charge in [0.2, 0.25) is 0 Å². The quantitative estimate of drug-likeness (QED) is 0.644. The minimum atomic E-state index is -3.33. The summed E-state index contributed by atoms with van der Waals surface area (Å²) >= 11 is 0. The number of hydrogen-bond donors (Lipinski definition) is 1. The molecule has 0 aliphatic heterocycles. The molecule has 0 radical (unpaired) electrons. The molecule has 0 heterocycles. The van der Waals surface area contributed by atoms with E-state index in [2.05, 4.69) is 5.32 Å². The molecule has 0 bridgehead atoms. The third-order valence-corrected chi connectivity index (χ3v) is 5.40. The van der Waals surface area contributed by atoms with Crippen molar-refractivity contribution in [3.05, 3.63) is 0 Å². The third kappa shape index (κ3) is 5.22. The zero-order valence-electron chi connectivity index (χ0n) is 12.6. The van der Waals surface area contributed by atoms with Gasteiger partial charge in [0.15, 0.2) is 0 Å². The van der Waals surface area contributed by atoms with Gasteiger partial charge in [-0.2, -0.15) is 17.0 Å². The summed E-state index contributed by atoms with van der Waals surface area (Å²) in [6.45, 7) is 10.3. The van der Waals surface area contributed by atoms with Crippen LogP contribution in [0.4, 0.5) is 0 Å². The molecule has 0 aromatic carbocycles. The highest BCUT2D eigenvalue weighted by Gasteiger charge is 2.28. The Morgan fingerprint density at radius 1 is 1.17 bits per heavy atom. The average molecular weight is 279 g/mol. The van der Waals surface area contributed by atoms with Crippen molar-refractivity contribution in [2.45, 2.75) is 40.2 Å². The molecule has 1 N–H and O–H groups in total. The highest BCUT2D eigenvalue weighted by atomic mass is 32.2. The second-order valence-electron chi connectivity index (χ2n) is 5.04. The second-order valence-corrected chi connectivity index (χ2v) is 7.13. The average Bonchev–Trinajstić information content (AvgIpc) is 2.32. The predicted octanol–water partition coefficient (Wildman–Crippen LogP) is 1.14. The molecule has 110 valence electrons. The van der Waals surface area contributed by atoms with Crippen LogP contribution in [-0.4, -0.2) is 56.8 Å². The zero-order chi connectivity index (χ0) is 14.3. The molecule has 1 atom stereocenters. The van der Waals surface area contributed by atoms with E-state index in [1.807, 2.05) is 27.7 Å². The Balaban J connectivity index is 4.43. The lowest BCUT2D eigenvalue weighted by molar-refractivity contribution is 0.291. The molecule has 0 aromatic rings. The summed E-state index contributed by atoms with van der Waals surface area (Å²) in [6, 6.07) is 0.00576. The SMILES string of the molecule is CCNCCCN(C)S(=O)(=O)N(C)C(C)C(C)C. The van der Waals surface area contributed by atoms with Crippen molar-refractivity contribution >= 4 is 10.2 Å². The Morgan fingerprint density at radius 3 is 2.17 bits per heavy atom. The lowest BCUT2D eigenvalue weighted by Gasteiger charge is -2.31. The highest BCUT2D eigenvalue weighted by Crippen LogP contribution is 2.14. The predicted molar refractivity (Wildman–Crippen MR) is 76.8 cm³/mol. The van der Waals surface area contributed by atoms with E-state index in [4.69, 9.17) is 0 Å². The molecule has 0 fully saturated rings. The summed E-state index contributed by atoms with van der Waals surface area (Å²) in [5.74, 6) is 0.305. The molecule has 0 aliphatic carbocycles. The minimum absolute atomic E-state index is 0.00576. The third-order valence-electron chi connectivity index (χ3n) is 3.37. The Labute approximate surface area is 113 Å². The van der Waals surface area contributed by atoms with Crippen LogP contribution in [0.25, 0.3) is 0 Å². The Kier molecular flexibility index (Phi) is 8.02. The molecule has 5 nitrogen and oxygen atoms in total. The van der Waals surface area contributed by atoms with E-state index in [9.17, 15) is 8.42 Å². The molecule has 0 rings (SSSR count). The lowest BCUT2D eigenvalue weighted by Crippen LogP contribution is -2.46. The number of hydrogen-bond acceptors (Lipinski definition) is 3. The van der Waals surface area contributed by atoms with Crippen molar-refractivity contribution in [1.82, 2.24) is 13.9 Å². The van der Waals surface area contributed by atoms with Crippen LogP contribution in [0, 0.1) is 5.92 Å². The van der Waals surface area contributed by atoms with Crippen molar-refractivity contribution in [1.29, 1.82) is 0 Å². The Morgan fingerprint density at radius 2 is 1.72 bits per heavy atom. The summed E-state index contributed by atoms with van der Waals surface area (Å²) in [5, 5.41) is 3.19. The zero-order valence-corrected chi connectivity index (χ0v) is 13.4. The first-order chi connectivity index (χ1) is 8.25. The van der Waals surface area contributed by atoms with Crippen molar-refractivity contribution < 1.29 is 8.42 Å². The molecular formula is C12H29N3O2S. The monoisotopic (exact) mass is 279 g/mol. The lowest BCUT2D eigenvalue weighted by atomic mass is 10.1. The Bertz CT molecular complexity index is 317. The molecule has 6 heteroatoms. The highest BCUT2D eigenvalue weighted by molar-refractivity contribution is 7.86. The molecule has 0 amide bonds. The van der Waals surface area contributed by atoms with Crippen LogP contribution >= 0.6 is 0 Å². The maximum Gasteiger partial charge on any atom is 0.281 e. The van der Waals surface area contributed by atoms with E-state index in [1.54, 1.807) is 14.1 Å². The van der Waals surface area contributed by atoms with Crippen molar-refractivity contribution in [3.63, 3.8) is 0 Å². The van der Waals surface area contributed by atoms with Gasteiger partial charge < -0.3 is 5.32 Å². The van der Waals surface area contributed by atoms with Crippen molar-refractivity contribution in [2.24, 2.45) is 5.92 Å². The summed E-state index contributed by atoms with van der Waals surface area (Å²) in [6.07, 6.45) is 0.827. The van der Waals surface area contributed by atoms with Crippen LogP contribution in [0.1, 0.15) is 34.1 Å². The molecule has 1 unspecified atom stereocenters. The van der Waals surface area contributed by atoms with Gasteiger partial charge in [-0.05, 0) is 32.4 Å². The van der Waals surface area contributed by atoms with Crippen LogP contribution in [0.3, 0.4) is 0 Å². The smallest absolute Gasteiger partial charge is 0.281 e. The molecular weight excluding hydrogens is 250 g/mol. The summed E-state index contributed by atoms with van der Waals surface area (Å²) in [7, 11) is -0.0343. The summed E-state index contributed by atoms with van der Waals surface area (Å²) < 4.78 is 27.4. The van der Waals surface area contributed by atoms with E-state index in [0.29, 0.717) is 12.5 Å². The number of nitrogens with one attached hydrogen (secondary N) is 1. The van der Waals surface area contributed by atoms with Gasteiger partial charge >= 0.3 is 0 Å². The summed E-state index contributed by atoms with van der Waals surface area (Å²) in [4.78, 5) is 0. The van der Waals surface area contributed by atoms with E-state index in [0.717, 1.165) is 19.5 Å². The maximum absolute atomic E-state index is 12.3. The topological polar surface area (TPSA) is 52.7 Å². The van der Waals surface area contributed by atoms with E-state index >= 15 is 0 Å².